The van der Waals surface area contributed by atoms with Gasteiger partial charge in [0.05, 0.1) is 0 Å². The molecule has 0 radical (unpaired) electrons. The largest absolute Gasteiger partial charge is 0.0990 e. The van der Waals surface area contributed by atoms with Crippen LogP contribution in [0.2, 0.25) is 0 Å². The van der Waals surface area contributed by atoms with Gasteiger partial charge < -0.3 is 0 Å². The molecule has 0 atom stereocenters. The van der Waals surface area contributed by atoms with Gasteiger partial charge in [0, 0.05) is 9.84 Å². The quantitative estimate of drug-likeness (QED) is 0.325. The molecule has 0 nitrogen and oxygen atoms in total. The van der Waals surface area contributed by atoms with Crippen molar-refractivity contribution < 1.29 is 0 Å². The van der Waals surface area contributed by atoms with Gasteiger partial charge in [-0.05, 0) is 63.4 Å². The zero-order valence-electron chi connectivity index (χ0n) is 16.1. The average molecular weight is 464 g/mol. The highest BCUT2D eigenvalue weighted by atomic mass is 127. The molecule has 2 aromatic rings. The van der Waals surface area contributed by atoms with E-state index in [0.717, 1.165) is 17.3 Å². The lowest BCUT2D eigenvalue weighted by Crippen LogP contribution is -2.15. The summed E-state index contributed by atoms with van der Waals surface area (Å²) in [6.07, 6.45) is 13.3. The minimum atomic E-state index is 0.00996. The van der Waals surface area contributed by atoms with Gasteiger partial charge in [-0.25, -0.2) is 0 Å². The number of allylic oxidation sites excluding steroid dienone is 6. The Kier molecular flexibility index (Phi) is 4.98. The Morgan fingerprint density at radius 1 is 1.15 bits per heavy atom. The second-order valence-corrected chi connectivity index (χ2v) is 8.67. The lowest BCUT2D eigenvalue weighted by atomic mass is 9.81. The van der Waals surface area contributed by atoms with E-state index in [1.807, 2.05) is 6.08 Å². The van der Waals surface area contributed by atoms with E-state index >= 15 is 0 Å². The molecule has 0 amide bonds. The van der Waals surface area contributed by atoms with Crippen LogP contribution in [0.15, 0.2) is 72.9 Å². The van der Waals surface area contributed by atoms with Crippen LogP contribution in [0, 0.1) is 0 Å². The SMILES string of the molecule is C=CC=C1/C(=C\CI)C(C)(C)c2cc(-c3cccc4c3C=CCC4)ccc21. The van der Waals surface area contributed by atoms with E-state index in [1.165, 1.54) is 44.5 Å². The van der Waals surface area contributed by atoms with Crippen LogP contribution in [0.25, 0.3) is 22.8 Å². The molecule has 2 aliphatic rings. The van der Waals surface area contributed by atoms with Gasteiger partial charge in [0.15, 0.2) is 0 Å². The fourth-order valence-electron chi connectivity index (χ4n) is 4.55. The molecule has 0 saturated heterocycles. The minimum absolute atomic E-state index is 0.00996. The Balaban J connectivity index is 1.91. The molecule has 4 rings (SSSR count). The maximum absolute atomic E-state index is 3.94. The van der Waals surface area contributed by atoms with Crippen LogP contribution in [0.3, 0.4) is 0 Å². The fraction of sp³-hybridized carbons (Fsp3) is 0.231. The van der Waals surface area contributed by atoms with E-state index in [4.69, 9.17) is 0 Å². The third-order valence-corrected chi connectivity index (χ3v) is 6.33. The Hall–Kier alpha value is -1.87. The number of alkyl halides is 1. The molecule has 136 valence electrons. The molecule has 0 N–H and O–H groups in total. The van der Waals surface area contributed by atoms with Crippen molar-refractivity contribution in [2.24, 2.45) is 0 Å². The predicted octanol–water partition coefficient (Wildman–Crippen LogP) is 7.54. The first-order valence-electron chi connectivity index (χ1n) is 9.61. The van der Waals surface area contributed by atoms with Crippen LogP contribution in [0.5, 0.6) is 0 Å². The van der Waals surface area contributed by atoms with Crippen molar-refractivity contribution in [3.8, 4) is 11.1 Å². The van der Waals surface area contributed by atoms with E-state index in [1.54, 1.807) is 0 Å². The maximum Gasteiger partial charge on any atom is 0.0182 e. The second-order valence-electron chi connectivity index (χ2n) is 7.79. The summed E-state index contributed by atoms with van der Waals surface area (Å²) in [7, 11) is 0. The predicted molar refractivity (Wildman–Crippen MR) is 127 cm³/mol. The van der Waals surface area contributed by atoms with Crippen LogP contribution in [0.4, 0.5) is 0 Å². The first kappa shape index (κ1) is 18.5. The number of rotatable bonds is 3. The normalized spacial score (nSPS) is 20.0. The highest BCUT2D eigenvalue weighted by Crippen LogP contribution is 2.50. The summed E-state index contributed by atoms with van der Waals surface area (Å²) in [5, 5.41) is 0. The van der Waals surface area contributed by atoms with E-state index in [2.05, 4.69) is 104 Å². The van der Waals surface area contributed by atoms with Crippen molar-refractivity contribution in [3.05, 3.63) is 95.1 Å². The summed E-state index contributed by atoms with van der Waals surface area (Å²) in [6.45, 7) is 8.63. The van der Waals surface area contributed by atoms with E-state index in [0.29, 0.717) is 0 Å². The topological polar surface area (TPSA) is 0 Å². The van der Waals surface area contributed by atoms with Crippen molar-refractivity contribution in [3.63, 3.8) is 0 Å². The monoisotopic (exact) mass is 464 g/mol. The highest BCUT2D eigenvalue weighted by molar-refractivity contribution is 14.1. The van der Waals surface area contributed by atoms with Crippen LogP contribution in [0.1, 0.15) is 42.5 Å². The minimum Gasteiger partial charge on any atom is -0.0990 e. The Labute approximate surface area is 176 Å². The van der Waals surface area contributed by atoms with Gasteiger partial charge >= 0.3 is 0 Å². The van der Waals surface area contributed by atoms with Crippen molar-refractivity contribution in [2.75, 3.05) is 4.43 Å². The Morgan fingerprint density at radius 3 is 2.78 bits per heavy atom. The molecular formula is C26H25I. The maximum atomic E-state index is 3.94. The molecule has 0 spiro atoms. The molecule has 0 heterocycles. The number of aryl methyl sites for hydroxylation is 1. The number of fused-ring (bicyclic) bond motifs is 2. The van der Waals surface area contributed by atoms with Crippen molar-refractivity contribution in [1.29, 1.82) is 0 Å². The van der Waals surface area contributed by atoms with Gasteiger partial charge in [0.1, 0.15) is 0 Å². The molecule has 0 bridgehead atoms. The van der Waals surface area contributed by atoms with Crippen molar-refractivity contribution in [2.45, 2.75) is 32.1 Å². The first-order valence-corrected chi connectivity index (χ1v) is 11.1. The van der Waals surface area contributed by atoms with Crippen molar-refractivity contribution in [1.82, 2.24) is 0 Å². The molecule has 1 heteroatoms. The summed E-state index contributed by atoms with van der Waals surface area (Å²) < 4.78 is 1.02. The van der Waals surface area contributed by atoms with Crippen LogP contribution < -0.4 is 0 Å². The van der Waals surface area contributed by atoms with Gasteiger partial charge in [-0.15, -0.1) is 0 Å². The molecular weight excluding hydrogens is 439 g/mol. The van der Waals surface area contributed by atoms with Gasteiger partial charge in [-0.1, -0.05) is 104 Å². The summed E-state index contributed by atoms with van der Waals surface area (Å²) in [6, 6.07) is 13.7. The van der Waals surface area contributed by atoms with E-state index < -0.39 is 0 Å². The molecule has 2 aliphatic carbocycles. The van der Waals surface area contributed by atoms with Gasteiger partial charge in [0.25, 0.3) is 0 Å². The van der Waals surface area contributed by atoms with E-state index in [9.17, 15) is 0 Å². The first-order chi connectivity index (χ1) is 13.1. The number of halogens is 1. The Morgan fingerprint density at radius 2 is 2.00 bits per heavy atom. The van der Waals surface area contributed by atoms with Crippen LogP contribution in [-0.4, -0.2) is 4.43 Å². The third kappa shape index (κ3) is 3.06. The highest BCUT2D eigenvalue weighted by Gasteiger charge is 2.37. The fourth-order valence-corrected chi connectivity index (χ4v) is 4.99. The molecule has 0 fully saturated rings. The van der Waals surface area contributed by atoms with Gasteiger partial charge in [0.2, 0.25) is 0 Å². The zero-order valence-corrected chi connectivity index (χ0v) is 18.2. The summed E-state index contributed by atoms with van der Waals surface area (Å²) in [5.41, 5.74) is 11.0. The van der Waals surface area contributed by atoms with Gasteiger partial charge in [-0.2, -0.15) is 0 Å². The van der Waals surface area contributed by atoms with Crippen molar-refractivity contribution >= 4 is 34.2 Å². The standard InChI is InChI=1S/C26H25I/c1-4-8-22-23-14-13-19(17-25(23)26(2,3)24(22)15-16-27)21-12-7-10-18-9-5-6-11-20(18)21/h4,6-8,10-15,17H,1,5,9,16H2,2-3H3/b22-8?,24-15+. The lowest BCUT2D eigenvalue weighted by molar-refractivity contribution is 0.660. The average Bonchev–Trinajstić information content (AvgIpc) is 2.89. The third-order valence-electron chi connectivity index (χ3n) is 5.88. The zero-order chi connectivity index (χ0) is 19.0. The lowest BCUT2D eigenvalue weighted by Gasteiger charge is -2.23. The van der Waals surface area contributed by atoms with Crippen LogP contribution in [-0.2, 0) is 11.8 Å². The van der Waals surface area contributed by atoms with Crippen LogP contribution >= 0.6 is 22.6 Å². The molecule has 0 unspecified atom stereocenters. The molecule has 0 aromatic heterocycles. The smallest absolute Gasteiger partial charge is 0.0182 e. The number of hydrogen-bond acceptors (Lipinski definition) is 0. The molecule has 0 saturated carbocycles. The van der Waals surface area contributed by atoms with E-state index in [-0.39, 0.29) is 5.41 Å². The Bertz CT molecular complexity index is 999. The molecule has 0 aliphatic heterocycles. The number of benzene rings is 2. The molecule has 27 heavy (non-hydrogen) atoms. The summed E-state index contributed by atoms with van der Waals surface area (Å²) >= 11 is 2.43. The summed E-state index contributed by atoms with van der Waals surface area (Å²) in [4.78, 5) is 0. The molecule has 2 aromatic carbocycles. The summed E-state index contributed by atoms with van der Waals surface area (Å²) in [5.74, 6) is 0. The van der Waals surface area contributed by atoms with Gasteiger partial charge in [-0.3, -0.25) is 0 Å². The number of hydrogen-bond donors (Lipinski definition) is 0. The second kappa shape index (κ2) is 7.27.